The van der Waals surface area contributed by atoms with E-state index >= 15 is 0 Å². The van der Waals surface area contributed by atoms with Crippen LogP contribution in [0.25, 0.3) is 0 Å². The molecule has 1 aliphatic heterocycles. The average molecular weight is 270 g/mol. The molecule has 1 amide bonds. The van der Waals surface area contributed by atoms with Crippen LogP contribution in [0, 0.1) is 13.8 Å². The van der Waals surface area contributed by atoms with E-state index in [9.17, 15) is 4.79 Å². The fourth-order valence-electron chi connectivity index (χ4n) is 2.57. The number of rotatable bonds is 2. The molecule has 0 spiro atoms. The molecule has 0 aliphatic carbocycles. The molecule has 0 bridgehead atoms. The van der Waals surface area contributed by atoms with Gasteiger partial charge in [0.25, 0.3) is 5.91 Å². The van der Waals surface area contributed by atoms with Crippen LogP contribution in [0.15, 0.2) is 18.2 Å². The Morgan fingerprint density at radius 1 is 1.40 bits per heavy atom. The van der Waals surface area contributed by atoms with Crippen LogP contribution in [-0.2, 0) is 13.5 Å². The van der Waals surface area contributed by atoms with E-state index in [2.05, 4.69) is 15.7 Å². The number of fused-ring (bicyclic) bond motifs is 1. The zero-order valence-corrected chi connectivity index (χ0v) is 11.9. The quantitative estimate of drug-likeness (QED) is 0.880. The van der Waals surface area contributed by atoms with Gasteiger partial charge in [-0.1, -0.05) is 6.07 Å². The minimum Gasteiger partial charge on any atom is -0.384 e. The second-order valence-electron chi connectivity index (χ2n) is 5.17. The van der Waals surface area contributed by atoms with Crippen molar-refractivity contribution in [3.63, 3.8) is 0 Å². The van der Waals surface area contributed by atoms with Crippen molar-refractivity contribution in [2.45, 2.75) is 20.3 Å². The number of aryl methyl sites for hydroxylation is 2. The van der Waals surface area contributed by atoms with Gasteiger partial charge in [0.2, 0.25) is 0 Å². The summed E-state index contributed by atoms with van der Waals surface area (Å²) in [6, 6.07) is 5.81. The number of carbonyl (C=O) groups is 1. The zero-order valence-electron chi connectivity index (χ0n) is 11.9. The summed E-state index contributed by atoms with van der Waals surface area (Å²) in [6.07, 6.45) is 1.03. The molecule has 104 valence electrons. The van der Waals surface area contributed by atoms with Crippen molar-refractivity contribution in [2.75, 3.05) is 17.2 Å². The number of aromatic nitrogens is 2. The van der Waals surface area contributed by atoms with Gasteiger partial charge in [0, 0.05) is 24.8 Å². The first-order valence-corrected chi connectivity index (χ1v) is 6.74. The number of nitrogens with one attached hydrogen (secondary N) is 2. The maximum absolute atomic E-state index is 12.4. The molecular formula is C15H18N4O. The van der Waals surface area contributed by atoms with Crippen molar-refractivity contribution in [3.05, 3.63) is 40.7 Å². The maximum Gasteiger partial charge on any atom is 0.255 e. The van der Waals surface area contributed by atoms with E-state index in [1.165, 1.54) is 5.56 Å². The van der Waals surface area contributed by atoms with Crippen LogP contribution in [0.4, 0.5) is 11.4 Å². The highest BCUT2D eigenvalue weighted by Crippen LogP contribution is 2.24. The molecule has 20 heavy (non-hydrogen) atoms. The summed E-state index contributed by atoms with van der Waals surface area (Å²) in [4.78, 5) is 12.4. The van der Waals surface area contributed by atoms with Gasteiger partial charge in [-0.15, -0.1) is 0 Å². The molecule has 2 aromatic rings. The van der Waals surface area contributed by atoms with Crippen LogP contribution < -0.4 is 10.6 Å². The molecule has 0 radical (unpaired) electrons. The van der Waals surface area contributed by atoms with Crippen molar-refractivity contribution in [1.29, 1.82) is 0 Å². The Balaban J connectivity index is 1.86. The molecule has 0 saturated carbocycles. The minimum absolute atomic E-state index is 0.0966. The summed E-state index contributed by atoms with van der Waals surface area (Å²) in [5.74, 6) is -0.0966. The van der Waals surface area contributed by atoms with E-state index in [0.29, 0.717) is 5.56 Å². The van der Waals surface area contributed by atoms with Gasteiger partial charge in [0.1, 0.15) is 0 Å². The third-order valence-corrected chi connectivity index (χ3v) is 3.83. The van der Waals surface area contributed by atoms with Gasteiger partial charge in [-0.2, -0.15) is 5.10 Å². The zero-order chi connectivity index (χ0) is 14.3. The average Bonchev–Trinajstić information content (AvgIpc) is 2.98. The number of nitrogens with zero attached hydrogens (tertiary/aromatic N) is 2. The number of anilines is 2. The highest BCUT2D eigenvalue weighted by Gasteiger charge is 2.16. The largest absolute Gasteiger partial charge is 0.384 e. The molecule has 0 atom stereocenters. The lowest BCUT2D eigenvalue weighted by Gasteiger charge is -2.07. The Morgan fingerprint density at radius 3 is 2.90 bits per heavy atom. The smallest absolute Gasteiger partial charge is 0.255 e. The Bertz CT molecular complexity index is 687. The number of benzene rings is 1. The number of carbonyl (C=O) groups excluding carboxylic acids is 1. The first-order chi connectivity index (χ1) is 9.56. The molecule has 5 nitrogen and oxygen atoms in total. The third-order valence-electron chi connectivity index (χ3n) is 3.83. The van der Waals surface area contributed by atoms with Crippen LogP contribution in [0.5, 0.6) is 0 Å². The lowest BCUT2D eigenvalue weighted by Crippen LogP contribution is -2.13. The van der Waals surface area contributed by atoms with Crippen LogP contribution in [0.2, 0.25) is 0 Å². The number of amides is 1. The lowest BCUT2D eigenvalue weighted by molar-refractivity contribution is 0.102. The van der Waals surface area contributed by atoms with Crippen molar-refractivity contribution < 1.29 is 4.79 Å². The van der Waals surface area contributed by atoms with E-state index in [0.717, 1.165) is 35.7 Å². The van der Waals surface area contributed by atoms with Gasteiger partial charge in [-0.3, -0.25) is 9.48 Å². The van der Waals surface area contributed by atoms with Gasteiger partial charge < -0.3 is 10.6 Å². The molecule has 0 fully saturated rings. The second kappa shape index (κ2) is 4.67. The predicted octanol–water partition coefficient (Wildman–Crippen LogP) is 2.26. The predicted molar refractivity (Wildman–Crippen MR) is 79.3 cm³/mol. The molecule has 0 saturated heterocycles. The fourth-order valence-corrected chi connectivity index (χ4v) is 2.57. The molecule has 3 rings (SSSR count). The van der Waals surface area contributed by atoms with E-state index in [4.69, 9.17) is 0 Å². The Hall–Kier alpha value is -2.30. The molecule has 2 heterocycles. The first kappa shape index (κ1) is 12.7. The van der Waals surface area contributed by atoms with Crippen LogP contribution in [0.1, 0.15) is 27.3 Å². The summed E-state index contributed by atoms with van der Waals surface area (Å²) in [5.41, 5.74) is 5.59. The fraction of sp³-hybridized carbons (Fsp3) is 0.333. The van der Waals surface area contributed by atoms with Crippen LogP contribution in [0.3, 0.4) is 0 Å². The van der Waals surface area contributed by atoms with Gasteiger partial charge in [0.15, 0.2) is 0 Å². The van der Waals surface area contributed by atoms with Crippen LogP contribution in [-0.4, -0.2) is 22.2 Å². The standard InChI is InChI=1S/C15H18N4O/c1-9-14(10(2)19(3)18-9)17-15(20)12-5-4-11-6-7-16-13(11)8-12/h4-5,8,16H,6-7H2,1-3H3,(H,17,20). The molecule has 2 N–H and O–H groups in total. The molecule has 1 aromatic carbocycles. The van der Waals surface area contributed by atoms with Gasteiger partial charge in [-0.25, -0.2) is 0 Å². The Morgan fingerprint density at radius 2 is 2.20 bits per heavy atom. The normalized spacial score (nSPS) is 12.9. The van der Waals surface area contributed by atoms with Crippen molar-refractivity contribution in [2.24, 2.45) is 7.05 Å². The van der Waals surface area contributed by atoms with Gasteiger partial charge >= 0.3 is 0 Å². The first-order valence-electron chi connectivity index (χ1n) is 6.74. The lowest BCUT2D eigenvalue weighted by atomic mass is 10.1. The molecule has 1 aliphatic rings. The molecule has 1 aromatic heterocycles. The Labute approximate surface area is 118 Å². The van der Waals surface area contributed by atoms with Crippen LogP contribution >= 0.6 is 0 Å². The summed E-state index contributed by atoms with van der Waals surface area (Å²) < 4.78 is 1.77. The van der Waals surface area contributed by atoms with Gasteiger partial charge in [-0.05, 0) is 38.0 Å². The monoisotopic (exact) mass is 270 g/mol. The van der Waals surface area contributed by atoms with E-state index in [1.54, 1.807) is 4.68 Å². The number of hydrogen-bond acceptors (Lipinski definition) is 3. The Kier molecular flexibility index (Phi) is 2.97. The van der Waals surface area contributed by atoms with E-state index in [-0.39, 0.29) is 5.91 Å². The number of hydrogen-bond donors (Lipinski definition) is 2. The third kappa shape index (κ3) is 2.05. The highest BCUT2D eigenvalue weighted by molar-refractivity contribution is 6.05. The highest BCUT2D eigenvalue weighted by atomic mass is 16.1. The van der Waals surface area contributed by atoms with Crippen molar-refractivity contribution >= 4 is 17.3 Å². The molecular weight excluding hydrogens is 252 g/mol. The SMILES string of the molecule is Cc1nn(C)c(C)c1NC(=O)c1ccc2c(c1)NCC2. The maximum atomic E-state index is 12.4. The molecule has 0 unspecified atom stereocenters. The van der Waals surface area contributed by atoms with Crippen molar-refractivity contribution in [1.82, 2.24) is 9.78 Å². The summed E-state index contributed by atoms with van der Waals surface area (Å²) in [5, 5.41) is 10.6. The van der Waals surface area contributed by atoms with E-state index < -0.39 is 0 Å². The van der Waals surface area contributed by atoms with Crippen molar-refractivity contribution in [3.8, 4) is 0 Å². The van der Waals surface area contributed by atoms with E-state index in [1.807, 2.05) is 39.1 Å². The summed E-state index contributed by atoms with van der Waals surface area (Å²) in [7, 11) is 1.87. The topological polar surface area (TPSA) is 59.0 Å². The summed E-state index contributed by atoms with van der Waals surface area (Å²) in [6.45, 7) is 4.79. The molecule has 5 heteroatoms. The second-order valence-corrected chi connectivity index (χ2v) is 5.17. The van der Waals surface area contributed by atoms with Gasteiger partial charge in [0.05, 0.1) is 17.1 Å². The summed E-state index contributed by atoms with van der Waals surface area (Å²) >= 11 is 0. The minimum atomic E-state index is -0.0966.